The lowest BCUT2D eigenvalue weighted by atomic mass is 10.1. The average Bonchev–Trinajstić information content (AvgIpc) is 2.47. The third kappa shape index (κ3) is 3.79. The van der Waals surface area contributed by atoms with Crippen LogP contribution < -0.4 is 0 Å². The first-order chi connectivity index (χ1) is 9.69. The van der Waals surface area contributed by atoms with E-state index in [9.17, 15) is 4.79 Å². The van der Waals surface area contributed by atoms with Gasteiger partial charge >= 0.3 is 5.97 Å². The van der Waals surface area contributed by atoms with Crippen LogP contribution in [0.5, 0.6) is 0 Å². The number of carbonyl (C=O) groups excluding carboxylic acids is 1. The minimum atomic E-state index is -0.311. The molecule has 0 amide bonds. The number of hydrogen-bond donors (Lipinski definition) is 0. The van der Waals surface area contributed by atoms with E-state index in [1.165, 1.54) is 5.56 Å². The molecule has 0 aliphatic carbocycles. The maximum Gasteiger partial charge on any atom is 0.338 e. The Morgan fingerprint density at radius 3 is 2.35 bits per heavy atom. The number of hydrogen-bond acceptors (Lipinski definition) is 3. The monoisotopic (exact) mass is 266 g/mol. The second-order valence-corrected chi connectivity index (χ2v) is 4.36. The van der Waals surface area contributed by atoms with Gasteiger partial charge in [-0.25, -0.2) is 9.79 Å². The van der Waals surface area contributed by atoms with Gasteiger partial charge in [-0.3, -0.25) is 0 Å². The van der Waals surface area contributed by atoms with Gasteiger partial charge in [-0.1, -0.05) is 29.8 Å². The summed E-state index contributed by atoms with van der Waals surface area (Å²) in [6, 6.07) is 14.9. The molecule has 20 heavy (non-hydrogen) atoms. The third-order valence-electron chi connectivity index (χ3n) is 2.74. The van der Waals surface area contributed by atoms with Crippen LogP contribution >= 0.6 is 0 Å². The minimum absolute atomic E-state index is 0.311. The number of nitrogens with zero attached hydrogens (tertiary/aromatic N) is 1. The number of benzene rings is 2. The van der Waals surface area contributed by atoms with Crippen LogP contribution in [0.4, 0.5) is 5.69 Å². The van der Waals surface area contributed by atoms with Gasteiger partial charge in [0, 0.05) is 5.56 Å². The van der Waals surface area contributed by atoms with E-state index >= 15 is 0 Å². The molecule has 3 heteroatoms. The summed E-state index contributed by atoms with van der Waals surface area (Å²) in [6.45, 7) is 4.20. The predicted octanol–water partition coefficient (Wildman–Crippen LogP) is 3.80. The van der Waals surface area contributed by atoms with Crippen molar-refractivity contribution in [1.29, 1.82) is 0 Å². The van der Waals surface area contributed by atoms with Crippen molar-refractivity contribution >= 4 is 17.9 Å². The van der Waals surface area contributed by atoms with Crippen LogP contribution in [0.15, 0.2) is 53.5 Å². The average molecular weight is 266 g/mol. The van der Waals surface area contributed by atoms with Gasteiger partial charge in [0.2, 0.25) is 0 Å². The van der Waals surface area contributed by atoms with Crippen LogP contribution in [0.25, 0.3) is 0 Å². The summed E-state index contributed by atoms with van der Waals surface area (Å²) >= 11 is 0. The highest BCUT2D eigenvalue weighted by Crippen LogP contribution is 2.13. The Bertz CT molecular complexity index is 598. The number of carbonyl (C=O) groups is 1. The molecule has 0 aliphatic heterocycles. The van der Waals surface area contributed by atoms with Crippen LogP contribution in [0.1, 0.15) is 28.4 Å². The Morgan fingerprint density at radius 1 is 1.10 bits per heavy atom. The largest absolute Gasteiger partial charge is 0.462 e. The van der Waals surface area contributed by atoms with E-state index in [0.29, 0.717) is 12.2 Å². The molecule has 0 saturated heterocycles. The molecule has 0 unspecified atom stereocenters. The summed E-state index contributed by atoms with van der Waals surface area (Å²) in [4.78, 5) is 15.8. The highest BCUT2D eigenvalue weighted by atomic mass is 16.5. The molecule has 2 aromatic carbocycles. The van der Waals surface area contributed by atoms with E-state index in [0.717, 1.165) is 11.3 Å². The van der Waals surface area contributed by atoms with Crippen molar-refractivity contribution in [3.05, 3.63) is 65.2 Å². The summed E-state index contributed by atoms with van der Waals surface area (Å²) in [5.41, 5.74) is 3.40. The fourth-order valence-electron chi connectivity index (χ4n) is 1.64. The van der Waals surface area contributed by atoms with Crippen molar-refractivity contribution < 1.29 is 9.53 Å². The quantitative estimate of drug-likeness (QED) is 0.623. The van der Waals surface area contributed by atoms with Crippen molar-refractivity contribution in [3.8, 4) is 0 Å². The van der Waals surface area contributed by atoms with E-state index in [-0.39, 0.29) is 5.97 Å². The van der Waals surface area contributed by atoms with Crippen molar-refractivity contribution in [2.75, 3.05) is 6.61 Å². The molecule has 0 bridgehead atoms. The lowest BCUT2D eigenvalue weighted by molar-refractivity contribution is 0.0526. The standard InChI is InChI=1S/C17H16NO2/c1-3-20-17(19)15-8-6-14(7-9-15)12-18-16-10-4-13(2)5-11-16/h4-11H,3H2,1-2H3. The van der Waals surface area contributed by atoms with Gasteiger partial charge < -0.3 is 4.74 Å². The number of aliphatic imine (C=N–C) groups is 1. The SMILES string of the molecule is CCOC(=O)c1ccc([C]=Nc2ccc(C)cc2)cc1. The number of aryl methyl sites for hydroxylation is 1. The van der Waals surface area contributed by atoms with Crippen LogP contribution in [0.2, 0.25) is 0 Å². The van der Waals surface area contributed by atoms with Crippen molar-refractivity contribution in [1.82, 2.24) is 0 Å². The highest BCUT2D eigenvalue weighted by Gasteiger charge is 2.04. The molecular formula is C17H16NO2. The van der Waals surface area contributed by atoms with Gasteiger partial charge in [-0.05, 0) is 38.1 Å². The lowest BCUT2D eigenvalue weighted by Crippen LogP contribution is -2.04. The highest BCUT2D eigenvalue weighted by molar-refractivity contribution is 5.91. The first-order valence-electron chi connectivity index (χ1n) is 6.49. The predicted molar refractivity (Wildman–Crippen MR) is 79.8 cm³/mol. The zero-order chi connectivity index (χ0) is 14.4. The molecule has 0 saturated carbocycles. The van der Waals surface area contributed by atoms with Crippen molar-refractivity contribution in [2.45, 2.75) is 13.8 Å². The first kappa shape index (κ1) is 14.0. The smallest absolute Gasteiger partial charge is 0.338 e. The molecule has 2 aromatic rings. The maximum atomic E-state index is 11.5. The molecule has 1 radical (unpaired) electrons. The molecule has 101 valence electrons. The van der Waals surface area contributed by atoms with Crippen LogP contribution in [-0.4, -0.2) is 18.8 Å². The molecule has 3 nitrogen and oxygen atoms in total. The van der Waals surface area contributed by atoms with Gasteiger partial charge in [-0.2, -0.15) is 0 Å². The van der Waals surface area contributed by atoms with E-state index in [1.807, 2.05) is 31.2 Å². The summed E-state index contributed by atoms with van der Waals surface area (Å²) in [5, 5.41) is 0. The van der Waals surface area contributed by atoms with Crippen LogP contribution in [-0.2, 0) is 4.74 Å². The van der Waals surface area contributed by atoms with Gasteiger partial charge in [0.05, 0.1) is 24.1 Å². The minimum Gasteiger partial charge on any atom is -0.462 e. The number of esters is 1. The first-order valence-corrected chi connectivity index (χ1v) is 6.49. The Kier molecular flexibility index (Phi) is 4.66. The molecule has 0 fully saturated rings. The summed E-state index contributed by atoms with van der Waals surface area (Å²) in [5.74, 6) is -0.311. The van der Waals surface area contributed by atoms with E-state index in [2.05, 4.69) is 11.2 Å². The molecule has 0 heterocycles. The number of ether oxygens (including phenoxy) is 1. The summed E-state index contributed by atoms with van der Waals surface area (Å²) in [6.07, 6.45) is 2.95. The molecule has 0 spiro atoms. The van der Waals surface area contributed by atoms with Gasteiger partial charge in [-0.15, -0.1) is 0 Å². The van der Waals surface area contributed by atoms with E-state index < -0.39 is 0 Å². The van der Waals surface area contributed by atoms with Gasteiger partial charge in [0.15, 0.2) is 0 Å². The summed E-state index contributed by atoms with van der Waals surface area (Å²) < 4.78 is 4.93. The van der Waals surface area contributed by atoms with Gasteiger partial charge in [0.1, 0.15) is 0 Å². The zero-order valence-electron chi connectivity index (χ0n) is 11.6. The second kappa shape index (κ2) is 6.66. The second-order valence-electron chi connectivity index (χ2n) is 4.36. The molecule has 0 atom stereocenters. The van der Waals surface area contributed by atoms with E-state index in [1.54, 1.807) is 31.2 Å². The lowest BCUT2D eigenvalue weighted by Gasteiger charge is -2.01. The fraction of sp³-hybridized carbons (Fsp3) is 0.176. The van der Waals surface area contributed by atoms with Crippen LogP contribution in [0, 0.1) is 6.92 Å². The van der Waals surface area contributed by atoms with Crippen molar-refractivity contribution in [2.24, 2.45) is 4.99 Å². The Balaban J connectivity index is 2.07. The Labute approximate surface area is 118 Å². The van der Waals surface area contributed by atoms with Crippen LogP contribution in [0.3, 0.4) is 0 Å². The number of rotatable bonds is 4. The molecule has 0 N–H and O–H groups in total. The maximum absolute atomic E-state index is 11.5. The van der Waals surface area contributed by atoms with Gasteiger partial charge in [0.25, 0.3) is 0 Å². The summed E-state index contributed by atoms with van der Waals surface area (Å²) in [7, 11) is 0. The fourth-order valence-corrected chi connectivity index (χ4v) is 1.64. The zero-order valence-corrected chi connectivity index (χ0v) is 11.6. The van der Waals surface area contributed by atoms with E-state index in [4.69, 9.17) is 4.74 Å². The molecule has 0 aromatic heterocycles. The molecule has 0 aliphatic rings. The molecule has 2 rings (SSSR count). The Morgan fingerprint density at radius 2 is 1.75 bits per heavy atom. The molecular weight excluding hydrogens is 250 g/mol. The van der Waals surface area contributed by atoms with Crippen molar-refractivity contribution in [3.63, 3.8) is 0 Å². The topological polar surface area (TPSA) is 38.7 Å². The normalized spacial score (nSPS) is 10.7. The Hall–Kier alpha value is -2.42. The third-order valence-corrected chi connectivity index (χ3v) is 2.74.